The number of hydrogen-bond acceptors (Lipinski definition) is 4. The van der Waals surface area contributed by atoms with Crippen LogP contribution in [0.15, 0.2) is 0 Å². The molecule has 0 aromatic heterocycles. The van der Waals surface area contributed by atoms with Gasteiger partial charge in [-0.2, -0.15) is 0 Å². The van der Waals surface area contributed by atoms with Crippen molar-refractivity contribution in [2.24, 2.45) is 11.3 Å². The average molecular weight is 346 g/mol. The quantitative estimate of drug-likeness (QED) is 0.767. The highest BCUT2D eigenvalue weighted by atomic mass is 32.2. The number of aliphatic carboxylic acids is 1. The van der Waals surface area contributed by atoms with E-state index in [4.69, 9.17) is 0 Å². The van der Waals surface area contributed by atoms with Crippen molar-refractivity contribution in [3.8, 4) is 0 Å². The van der Waals surface area contributed by atoms with Gasteiger partial charge in [0.2, 0.25) is 15.9 Å². The number of carbonyl (C=O) groups excluding carboxylic acids is 1. The second kappa shape index (κ2) is 7.17. The highest BCUT2D eigenvalue weighted by Gasteiger charge is 2.40. The van der Waals surface area contributed by atoms with E-state index >= 15 is 0 Å². The molecule has 1 aliphatic carbocycles. The lowest BCUT2D eigenvalue weighted by Gasteiger charge is -2.34. The Morgan fingerprint density at radius 3 is 2.22 bits per heavy atom. The Kier molecular flexibility index (Phi) is 5.67. The molecular formula is C15H26N2O5S. The summed E-state index contributed by atoms with van der Waals surface area (Å²) in [4.78, 5) is 23.9. The molecule has 8 heteroatoms. The molecule has 1 saturated carbocycles. The Balaban J connectivity index is 1.86. The van der Waals surface area contributed by atoms with Gasteiger partial charge in [-0.3, -0.25) is 9.59 Å². The standard InChI is InChI=1S/C15H26N2O5S/c1-23(21,22)17-9-5-12(6-10-17)13(18)16-11-15(14(19)20)7-3-2-4-8-15/h12H,2-11H2,1H3,(H,16,18)(H,19,20). The molecule has 23 heavy (non-hydrogen) atoms. The monoisotopic (exact) mass is 346 g/mol. The lowest BCUT2D eigenvalue weighted by molar-refractivity contribution is -0.151. The summed E-state index contributed by atoms with van der Waals surface area (Å²) in [6.07, 6.45) is 6.17. The minimum absolute atomic E-state index is 0.149. The molecule has 0 unspecified atom stereocenters. The second-order valence-electron chi connectivity index (χ2n) is 6.80. The fourth-order valence-electron chi connectivity index (χ4n) is 3.55. The topological polar surface area (TPSA) is 104 Å². The van der Waals surface area contributed by atoms with Gasteiger partial charge in [0.15, 0.2) is 0 Å². The van der Waals surface area contributed by atoms with Crippen LogP contribution in [0.4, 0.5) is 0 Å². The second-order valence-corrected chi connectivity index (χ2v) is 8.78. The van der Waals surface area contributed by atoms with E-state index in [-0.39, 0.29) is 18.4 Å². The Hall–Kier alpha value is -1.15. The van der Waals surface area contributed by atoms with Gasteiger partial charge in [-0.1, -0.05) is 19.3 Å². The summed E-state index contributed by atoms with van der Waals surface area (Å²) in [6.45, 7) is 0.870. The van der Waals surface area contributed by atoms with Crippen molar-refractivity contribution in [1.82, 2.24) is 9.62 Å². The van der Waals surface area contributed by atoms with E-state index in [9.17, 15) is 23.1 Å². The molecule has 1 saturated heterocycles. The van der Waals surface area contributed by atoms with Crippen molar-refractivity contribution < 1.29 is 23.1 Å². The highest BCUT2D eigenvalue weighted by molar-refractivity contribution is 7.88. The minimum Gasteiger partial charge on any atom is -0.481 e. The van der Waals surface area contributed by atoms with Gasteiger partial charge in [0.1, 0.15) is 0 Å². The first-order valence-corrected chi connectivity index (χ1v) is 10.1. The predicted octanol–water partition coefficient (Wildman–Crippen LogP) is 0.809. The van der Waals surface area contributed by atoms with E-state index in [1.54, 1.807) is 0 Å². The first-order chi connectivity index (χ1) is 10.7. The number of sulfonamides is 1. The fourth-order valence-corrected chi connectivity index (χ4v) is 4.42. The summed E-state index contributed by atoms with van der Waals surface area (Å²) in [5.74, 6) is -1.21. The summed E-state index contributed by atoms with van der Waals surface area (Å²) < 4.78 is 24.3. The number of carbonyl (C=O) groups is 2. The number of rotatable bonds is 5. The molecule has 1 heterocycles. The largest absolute Gasteiger partial charge is 0.481 e. The third-order valence-electron chi connectivity index (χ3n) is 5.16. The van der Waals surface area contributed by atoms with Crippen LogP contribution in [0, 0.1) is 11.3 Å². The average Bonchev–Trinajstić information content (AvgIpc) is 2.52. The van der Waals surface area contributed by atoms with Crippen LogP contribution in [0.2, 0.25) is 0 Å². The van der Waals surface area contributed by atoms with Crippen LogP contribution in [0.3, 0.4) is 0 Å². The predicted molar refractivity (Wildman–Crippen MR) is 85.3 cm³/mol. The SMILES string of the molecule is CS(=O)(=O)N1CCC(C(=O)NCC2(C(=O)O)CCCCC2)CC1. The van der Waals surface area contributed by atoms with Crippen molar-refractivity contribution in [2.45, 2.75) is 44.9 Å². The molecule has 2 fully saturated rings. The molecule has 7 nitrogen and oxygen atoms in total. The van der Waals surface area contributed by atoms with E-state index in [2.05, 4.69) is 5.32 Å². The Morgan fingerprint density at radius 2 is 1.74 bits per heavy atom. The lowest BCUT2D eigenvalue weighted by atomic mass is 9.74. The van der Waals surface area contributed by atoms with Crippen molar-refractivity contribution in [3.05, 3.63) is 0 Å². The molecule has 2 N–H and O–H groups in total. The third kappa shape index (κ3) is 4.44. The van der Waals surface area contributed by atoms with Gasteiger partial charge >= 0.3 is 5.97 Å². The van der Waals surface area contributed by atoms with E-state index in [0.717, 1.165) is 19.3 Å². The molecule has 0 spiro atoms. The number of nitrogens with zero attached hydrogens (tertiary/aromatic N) is 1. The van der Waals surface area contributed by atoms with Crippen LogP contribution >= 0.6 is 0 Å². The number of carboxylic acids is 1. The first kappa shape index (κ1) is 18.2. The highest BCUT2D eigenvalue weighted by Crippen LogP contribution is 2.36. The summed E-state index contributed by atoms with van der Waals surface area (Å²) in [5.41, 5.74) is -0.832. The van der Waals surface area contributed by atoms with Gasteiger partial charge in [-0.25, -0.2) is 12.7 Å². The zero-order valence-electron chi connectivity index (χ0n) is 13.6. The van der Waals surface area contributed by atoms with Crippen LogP contribution in [-0.2, 0) is 19.6 Å². The Morgan fingerprint density at radius 1 is 1.17 bits per heavy atom. The number of hydrogen-bond donors (Lipinski definition) is 2. The van der Waals surface area contributed by atoms with Crippen LogP contribution in [-0.4, -0.2) is 55.6 Å². The molecular weight excluding hydrogens is 320 g/mol. The minimum atomic E-state index is -3.20. The molecule has 0 atom stereocenters. The Labute approximate surface area is 137 Å². The third-order valence-corrected chi connectivity index (χ3v) is 6.46. The molecule has 1 amide bonds. The van der Waals surface area contributed by atoms with E-state index in [1.807, 2.05) is 0 Å². The Bertz CT molecular complexity index is 546. The van der Waals surface area contributed by atoms with E-state index in [0.29, 0.717) is 38.8 Å². The zero-order valence-corrected chi connectivity index (χ0v) is 14.4. The van der Waals surface area contributed by atoms with Gasteiger partial charge < -0.3 is 10.4 Å². The van der Waals surface area contributed by atoms with E-state index < -0.39 is 21.4 Å². The molecule has 0 bridgehead atoms. The summed E-state index contributed by atoms with van der Waals surface area (Å²) in [7, 11) is -3.20. The molecule has 0 aromatic rings. The van der Waals surface area contributed by atoms with Gasteiger partial charge in [0.05, 0.1) is 11.7 Å². The molecule has 2 aliphatic rings. The molecule has 0 radical (unpaired) electrons. The maximum atomic E-state index is 12.3. The number of nitrogens with one attached hydrogen (secondary N) is 1. The van der Waals surface area contributed by atoms with Crippen LogP contribution in [0.1, 0.15) is 44.9 Å². The van der Waals surface area contributed by atoms with Crippen molar-refractivity contribution >= 4 is 21.9 Å². The maximum absolute atomic E-state index is 12.3. The van der Waals surface area contributed by atoms with Crippen molar-refractivity contribution in [2.75, 3.05) is 25.9 Å². The van der Waals surface area contributed by atoms with Crippen LogP contribution < -0.4 is 5.32 Å². The summed E-state index contributed by atoms with van der Waals surface area (Å²) in [6, 6.07) is 0. The molecule has 2 rings (SSSR count). The zero-order chi connectivity index (χ0) is 17.1. The van der Waals surface area contributed by atoms with Crippen LogP contribution in [0.25, 0.3) is 0 Å². The lowest BCUT2D eigenvalue weighted by Crippen LogP contribution is -2.48. The van der Waals surface area contributed by atoms with Gasteiger partial charge in [0, 0.05) is 25.6 Å². The fraction of sp³-hybridized carbons (Fsp3) is 0.867. The number of carboxylic acid groups (broad SMARTS) is 1. The number of piperidine rings is 1. The number of amides is 1. The van der Waals surface area contributed by atoms with Crippen molar-refractivity contribution in [1.29, 1.82) is 0 Å². The van der Waals surface area contributed by atoms with Crippen LogP contribution in [0.5, 0.6) is 0 Å². The first-order valence-electron chi connectivity index (χ1n) is 8.21. The molecule has 0 aromatic carbocycles. The van der Waals surface area contributed by atoms with Crippen molar-refractivity contribution in [3.63, 3.8) is 0 Å². The molecule has 132 valence electrons. The summed E-state index contributed by atoms with van der Waals surface area (Å²) in [5, 5.41) is 12.3. The molecule has 1 aliphatic heterocycles. The van der Waals surface area contributed by atoms with Gasteiger partial charge in [-0.05, 0) is 25.7 Å². The van der Waals surface area contributed by atoms with Gasteiger partial charge in [-0.15, -0.1) is 0 Å². The smallest absolute Gasteiger partial charge is 0.311 e. The maximum Gasteiger partial charge on any atom is 0.311 e. The van der Waals surface area contributed by atoms with E-state index in [1.165, 1.54) is 10.6 Å². The van der Waals surface area contributed by atoms with Gasteiger partial charge in [0.25, 0.3) is 0 Å². The summed E-state index contributed by atoms with van der Waals surface area (Å²) >= 11 is 0. The normalized spacial score (nSPS) is 23.3.